The van der Waals surface area contributed by atoms with Crippen LogP contribution in [0.5, 0.6) is 0 Å². The third kappa shape index (κ3) is 2.22. The number of nitrogens with one attached hydrogen (secondary N) is 1. The van der Waals surface area contributed by atoms with E-state index < -0.39 is 0 Å². The van der Waals surface area contributed by atoms with E-state index in [4.69, 9.17) is 0 Å². The fourth-order valence-corrected chi connectivity index (χ4v) is 4.84. The van der Waals surface area contributed by atoms with E-state index in [9.17, 15) is 4.79 Å². The number of carbonyl (C=O) groups is 1. The number of hydrogen-bond donors (Lipinski definition) is 1. The number of benzene rings is 1. The smallest absolute Gasteiger partial charge is 0.226 e. The molecule has 4 heteroatoms. The van der Waals surface area contributed by atoms with Crippen LogP contribution in [-0.2, 0) is 4.79 Å². The molecule has 3 nitrogen and oxygen atoms in total. The summed E-state index contributed by atoms with van der Waals surface area (Å²) in [5.41, 5.74) is 0.965. The zero-order chi connectivity index (χ0) is 13.5. The van der Waals surface area contributed by atoms with Crippen molar-refractivity contribution >= 4 is 32.6 Å². The second-order valence-electron chi connectivity index (χ2n) is 6.17. The Labute approximate surface area is 122 Å². The summed E-state index contributed by atoms with van der Waals surface area (Å²) in [6.07, 6.45) is 6.03. The number of anilines is 1. The molecule has 0 unspecified atom stereocenters. The Kier molecular flexibility index (Phi) is 2.99. The first-order valence-electron chi connectivity index (χ1n) is 7.43. The van der Waals surface area contributed by atoms with Crippen LogP contribution < -0.4 is 5.32 Å². The zero-order valence-corrected chi connectivity index (χ0v) is 12.2. The van der Waals surface area contributed by atoms with E-state index in [2.05, 4.69) is 10.3 Å². The summed E-state index contributed by atoms with van der Waals surface area (Å²) in [7, 11) is 0. The fraction of sp³-hybridized carbons (Fsp3) is 0.500. The minimum atomic E-state index is 0.140. The zero-order valence-electron chi connectivity index (χ0n) is 11.3. The van der Waals surface area contributed by atoms with E-state index in [1.807, 2.05) is 24.3 Å². The lowest BCUT2D eigenvalue weighted by Crippen LogP contribution is -2.20. The van der Waals surface area contributed by atoms with Crippen LogP contribution in [0.25, 0.3) is 10.2 Å². The molecule has 0 aliphatic heterocycles. The first-order chi connectivity index (χ1) is 9.78. The van der Waals surface area contributed by atoms with Gasteiger partial charge in [-0.25, -0.2) is 4.98 Å². The van der Waals surface area contributed by atoms with Gasteiger partial charge in [0.1, 0.15) is 0 Å². The monoisotopic (exact) mass is 286 g/mol. The van der Waals surface area contributed by atoms with Gasteiger partial charge in [-0.1, -0.05) is 29.9 Å². The van der Waals surface area contributed by atoms with Crippen LogP contribution in [0.15, 0.2) is 24.3 Å². The van der Waals surface area contributed by atoms with Crippen LogP contribution >= 0.6 is 11.3 Å². The number of amides is 1. The maximum atomic E-state index is 12.2. The summed E-state index contributed by atoms with van der Waals surface area (Å²) in [5.74, 6) is 2.46. The SMILES string of the molecule is O=C(C[C@H]1C[C@H]2CC[C@H]1C2)Nc1nc2ccccc2s1. The van der Waals surface area contributed by atoms with Crippen LogP contribution in [-0.4, -0.2) is 10.9 Å². The average molecular weight is 286 g/mol. The highest BCUT2D eigenvalue weighted by Crippen LogP contribution is 2.49. The summed E-state index contributed by atoms with van der Waals surface area (Å²) >= 11 is 1.56. The van der Waals surface area contributed by atoms with E-state index in [1.165, 1.54) is 25.7 Å². The molecule has 1 N–H and O–H groups in total. The van der Waals surface area contributed by atoms with Crippen molar-refractivity contribution in [2.24, 2.45) is 17.8 Å². The third-order valence-corrected chi connectivity index (χ3v) is 5.82. The molecule has 0 saturated heterocycles. The Morgan fingerprint density at radius 3 is 2.95 bits per heavy atom. The molecule has 2 bridgehead atoms. The molecular weight excluding hydrogens is 268 g/mol. The van der Waals surface area contributed by atoms with Crippen molar-refractivity contribution in [1.29, 1.82) is 0 Å². The number of thiazole rings is 1. The molecule has 20 heavy (non-hydrogen) atoms. The van der Waals surface area contributed by atoms with Crippen LogP contribution in [0.4, 0.5) is 5.13 Å². The van der Waals surface area contributed by atoms with E-state index in [-0.39, 0.29) is 5.91 Å². The van der Waals surface area contributed by atoms with Crippen LogP contribution in [0.3, 0.4) is 0 Å². The number of aromatic nitrogens is 1. The molecule has 104 valence electrons. The summed E-state index contributed by atoms with van der Waals surface area (Å²) < 4.78 is 1.13. The first kappa shape index (κ1) is 12.3. The van der Waals surface area contributed by atoms with E-state index in [1.54, 1.807) is 11.3 Å². The van der Waals surface area contributed by atoms with Crippen molar-refractivity contribution in [3.8, 4) is 0 Å². The standard InChI is InChI=1S/C16H18N2OS/c19-15(9-12-8-10-5-6-11(12)7-10)18-16-17-13-3-1-2-4-14(13)20-16/h1-4,10-12H,5-9H2,(H,17,18,19)/t10-,11-,12+/m0/s1. The molecule has 1 amide bonds. The van der Waals surface area contributed by atoms with Crippen molar-refractivity contribution in [3.05, 3.63) is 24.3 Å². The van der Waals surface area contributed by atoms with Gasteiger partial charge in [0, 0.05) is 6.42 Å². The van der Waals surface area contributed by atoms with Gasteiger partial charge in [0.25, 0.3) is 0 Å². The largest absolute Gasteiger partial charge is 0.302 e. The quantitative estimate of drug-likeness (QED) is 0.924. The molecule has 1 heterocycles. The number of nitrogens with zero attached hydrogens (tertiary/aromatic N) is 1. The predicted octanol–water partition coefficient (Wildman–Crippen LogP) is 4.06. The topological polar surface area (TPSA) is 42.0 Å². The van der Waals surface area contributed by atoms with Crippen LogP contribution in [0.1, 0.15) is 32.1 Å². The highest BCUT2D eigenvalue weighted by Gasteiger charge is 2.40. The average Bonchev–Trinajstić information content (AvgIpc) is 3.11. The molecule has 2 saturated carbocycles. The van der Waals surface area contributed by atoms with Gasteiger partial charge in [0.2, 0.25) is 5.91 Å². The van der Waals surface area contributed by atoms with Crippen molar-refractivity contribution in [1.82, 2.24) is 4.98 Å². The summed E-state index contributed by atoms with van der Waals surface area (Å²) in [6, 6.07) is 8.00. The van der Waals surface area contributed by atoms with Gasteiger partial charge in [-0.2, -0.15) is 0 Å². The van der Waals surface area contributed by atoms with Crippen molar-refractivity contribution in [2.45, 2.75) is 32.1 Å². The lowest BCUT2D eigenvalue weighted by Gasteiger charge is -2.20. The molecule has 2 fully saturated rings. The molecule has 2 aromatic rings. The van der Waals surface area contributed by atoms with Gasteiger partial charge in [-0.3, -0.25) is 4.79 Å². The molecule has 0 spiro atoms. The van der Waals surface area contributed by atoms with Gasteiger partial charge in [0.15, 0.2) is 5.13 Å². The second-order valence-corrected chi connectivity index (χ2v) is 7.20. The number of fused-ring (bicyclic) bond motifs is 3. The van der Waals surface area contributed by atoms with Crippen molar-refractivity contribution in [2.75, 3.05) is 5.32 Å². The van der Waals surface area contributed by atoms with Gasteiger partial charge in [0.05, 0.1) is 10.2 Å². The number of rotatable bonds is 3. The molecular formula is C16H18N2OS. The lowest BCUT2D eigenvalue weighted by molar-refractivity contribution is -0.117. The maximum absolute atomic E-state index is 12.2. The van der Waals surface area contributed by atoms with Gasteiger partial charge in [-0.05, 0) is 49.1 Å². The van der Waals surface area contributed by atoms with E-state index in [0.717, 1.165) is 27.2 Å². The normalized spacial score (nSPS) is 28.1. The Morgan fingerprint density at radius 2 is 2.20 bits per heavy atom. The Morgan fingerprint density at radius 1 is 1.30 bits per heavy atom. The molecule has 1 aromatic heterocycles. The summed E-state index contributed by atoms with van der Waals surface area (Å²) in [5, 5.41) is 3.72. The Balaban J connectivity index is 1.42. The maximum Gasteiger partial charge on any atom is 0.226 e. The minimum absolute atomic E-state index is 0.140. The number of para-hydroxylation sites is 1. The molecule has 1 aromatic carbocycles. The minimum Gasteiger partial charge on any atom is -0.302 e. The van der Waals surface area contributed by atoms with Crippen LogP contribution in [0, 0.1) is 17.8 Å². The number of carbonyl (C=O) groups excluding carboxylic acids is 1. The summed E-state index contributed by atoms with van der Waals surface area (Å²) in [6.45, 7) is 0. The predicted molar refractivity (Wildman–Crippen MR) is 81.8 cm³/mol. The van der Waals surface area contributed by atoms with Gasteiger partial charge >= 0.3 is 0 Å². The van der Waals surface area contributed by atoms with Crippen molar-refractivity contribution in [3.63, 3.8) is 0 Å². The number of hydrogen-bond acceptors (Lipinski definition) is 3. The first-order valence-corrected chi connectivity index (χ1v) is 8.25. The third-order valence-electron chi connectivity index (χ3n) is 4.87. The molecule has 2 aliphatic carbocycles. The Bertz CT molecular complexity index is 618. The highest BCUT2D eigenvalue weighted by molar-refractivity contribution is 7.22. The highest BCUT2D eigenvalue weighted by atomic mass is 32.1. The fourth-order valence-electron chi connectivity index (χ4n) is 3.96. The molecule has 2 aliphatic rings. The van der Waals surface area contributed by atoms with E-state index in [0.29, 0.717) is 12.3 Å². The molecule has 4 rings (SSSR count). The van der Waals surface area contributed by atoms with Gasteiger partial charge < -0.3 is 5.32 Å². The molecule has 0 radical (unpaired) electrons. The van der Waals surface area contributed by atoms with Gasteiger partial charge in [-0.15, -0.1) is 0 Å². The van der Waals surface area contributed by atoms with E-state index >= 15 is 0 Å². The second kappa shape index (κ2) is 4.85. The lowest BCUT2D eigenvalue weighted by atomic mass is 9.86. The van der Waals surface area contributed by atoms with Crippen molar-refractivity contribution < 1.29 is 4.79 Å². The Hall–Kier alpha value is -1.42. The summed E-state index contributed by atoms with van der Waals surface area (Å²) in [4.78, 5) is 16.6. The van der Waals surface area contributed by atoms with Crippen LogP contribution in [0.2, 0.25) is 0 Å². The molecule has 3 atom stereocenters.